The highest BCUT2D eigenvalue weighted by atomic mass is 19.1. The van der Waals surface area contributed by atoms with Crippen LogP contribution < -0.4 is 14.8 Å². The topological polar surface area (TPSA) is 67.2 Å². The van der Waals surface area contributed by atoms with Crippen LogP contribution in [0.1, 0.15) is 43.6 Å². The number of nitrogens with one attached hydrogen (secondary N) is 1. The van der Waals surface area contributed by atoms with Crippen LogP contribution in [0.5, 0.6) is 11.5 Å². The maximum Gasteiger partial charge on any atom is 0.171 e. The number of benzene rings is 3. The average Bonchev–Trinajstić information content (AvgIpc) is 2.90. The van der Waals surface area contributed by atoms with Gasteiger partial charge in [-0.25, -0.2) is 4.39 Å². The summed E-state index contributed by atoms with van der Waals surface area (Å²) < 4.78 is 27.5. The van der Waals surface area contributed by atoms with Gasteiger partial charge >= 0.3 is 0 Å². The molecular weight excluding hydrogens is 453 g/mol. The van der Waals surface area contributed by atoms with Gasteiger partial charge in [-0.05, 0) is 63.2 Å². The van der Waals surface area contributed by atoms with Crippen LogP contribution in [0.15, 0.2) is 84.9 Å². The molecule has 0 radical (unpaired) electrons. The molecule has 3 aromatic carbocycles. The van der Waals surface area contributed by atoms with Crippen molar-refractivity contribution in [2.75, 3.05) is 11.9 Å². The number of ether oxygens (including phenoxy) is 2. The molecule has 0 aliphatic heterocycles. The summed E-state index contributed by atoms with van der Waals surface area (Å²) in [5, 5.41) is 12.6. The number of hydrogen-bond acceptors (Lipinski definition) is 5. The van der Waals surface area contributed by atoms with Gasteiger partial charge in [-0.15, -0.1) is 0 Å². The van der Waals surface area contributed by atoms with Crippen LogP contribution in [0.4, 0.5) is 10.1 Å². The van der Waals surface area contributed by atoms with E-state index in [4.69, 9.17) is 19.7 Å². The van der Waals surface area contributed by atoms with Gasteiger partial charge in [0.25, 0.3) is 0 Å². The van der Waals surface area contributed by atoms with E-state index in [-0.39, 0.29) is 11.9 Å². The van der Waals surface area contributed by atoms with Crippen molar-refractivity contribution in [1.29, 1.82) is 5.26 Å². The van der Waals surface area contributed by atoms with Crippen molar-refractivity contribution in [2.24, 2.45) is 0 Å². The first-order chi connectivity index (χ1) is 17.5. The molecule has 1 unspecified atom stereocenters. The molecule has 4 rings (SSSR count). The molecule has 4 aromatic rings. The second-order valence-corrected chi connectivity index (χ2v) is 8.50. The van der Waals surface area contributed by atoms with E-state index in [2.05, 4.69) is 11.4 Å². The summed E-state index contributed by atoms with van der Waals surface area (Å²) in [6.07, 6.45) is -0.214. The number of halogens is 1. The van der Waals surface area contributed by atoms with Gasteiger partial charge in [-0.2, -0.15) is 5.26 Å². The first kappa shape index (κ1) is 24.7. The first-order valence-electron chi connectivity index (χ1n) is 11.9. The molecule has 0 saturated heterocycles. The Kier molecular flexibility index (Phi) is 7.82. The lowest BCUT2D eigenvalue weighted by Crippen LogP contribution is -2.17. The monoisotopic (exact) mass is 481 g/mol. The summed E-state index contributed by atoms with van der Waals surface area (Å²) in [6, 6.07) is 27.3. The van der Waals surface area contributed by atoms with E-state index >= 15 is 4.39 Å². The minimum Gasteiger partial charge on any atom is -0.494 e. The Morgan fingerprint density at radius 3 is 2.39 bits per heavy atom. The Morgan fingerprint density at radius 1 is 0.972 bits per heavy atom. The summed E-state index contributed by atoms with van der Waals surface area (Å²) >= 11 is 0. The second kappa shape index (κ2) is 11.4. The molecule has 0 aliphatic rings. The first-order valence-corrected chi connectivity index (χ1v) is 11.9. The van der Waals surface area contributed by atoms with Gasteiger partial charge in [0.1, 0.15) is 5.75 Å². The molecule has 6 heteroatoms. The molecule has 1 N–H and O–H groups in total. The SMILES string of the molecule is CCOc1cc(OC(C)C)c(F)c(C(Nc2ccc(C#N)cc2)c2cccc(-c3ccccc3)n2)c1. The van der Waals surface area contributed by atoms with Crippen molar-refractivity contribution >= 4 is 5.69 Å². The number of nitrogens with zero attached hydrogens (tertiary/aromatic N) is 2. The maximum atomic E-state index is 15.9. The summed E-state index contributed by atoms with van der Waals surface area (Å²) in [4.78, 5) is 4.89. The quantitative estimate of drug-likeness (QED) is 0.275. The van der Waals surface area contributed by atoms with E-state index in [1.165, 1.54) is 0 Å². The van der Waals surface area contributed by atoms with Crippen LogP contribution >= 0.6 is 0 Å². The molecule has 1 atom stereocenters. The summed E-state index contributed by atoms with van der Waals surface area (Å²) in [5.41, 5.74) is 3.97. The Morgan fingerprint density at radius 2 is 1.72 bits per heavy atom. The molecule has 5 nitrogen and oxygen atoms in total. The molecular formula is C30H28FN3O2. The molecule has 0 bridgehead atoms. The van der Waals surface area contributed by atoms with Crippen LogP contribution in [0.2, 0.25) is 0 Å². The smallest absolute Gasteiger partial charge is 0.171 e. The zero-order chi connectivity index (χ0) is 25.5. The van der Waals surface area contributed by atoms with Gasteiger partial charge in [-0.1, -0.05) is 36.4 Å². The Hall–Kier alpha value is -4.37. The van der Waals surface area contributed by atoms with Crippen LogP contribution in [-0.2, 0) is 0 Å². The summed E-state index contributed by atoms with van der Waals surface area (Å²) in [5.74, 6) is 0.150. The molecule has 0 aliphatic carbocycles. The molecule has 0 spiro atoms. The highest BCUT2D eigenvalue weighted by molar-refractivity contribution is 5.60. The molecule has 182 valence electrons. The fraction of sp³-hybridized carbons (Fsp3) is 0.200. The van der Waals surface area contributed by atoms with Crippen LogP contribution in [0.25, 0.3) is 11.3 Å². The van der Waals surface area contributed by atoms with Crippen molar-refractivity contribution in [1.82, 2.24) is 4.98 Å². The molecule has 0 fully saturated rings. The fourth-order valence-corrected chi connectivity index (χ4v) is 3.89. The highest BCUT2D eigenvalue weighted by Gasteiger charge is 2.25. The second-order valence-electron chi connectivity index (χ2n) is 8.50. The summed E-state index contributed by atoms with van der Waals surface area (Å²) in [7, 11) is 0. The zero-order valence-electron chi connectivity index (χ0n) is 20.5. The van der Waals surface area contributed by atoms with E-state index in [9.17, 15) is 0 Å². The van der Waals surface area contributed by atoms with Gasteiger partial charge in [0.2, 0.25) is 0 Å². The third-order valence-corrected chi connectivity index (χ3v) is 5.49. The van der Waals surface area contributed by atoms with E-state index in [1.807, 2.05) is 69.3 Å². The number of rotatable bonds is 9. The molecule has 36 heavy (non-hydrogen) atoms. The molecule has 0 saturated carbocycles. The fourth-order valence-electron chi connectivity index (χ4n) is 3.89. The van der Waals surface area contributed by atoms with Gasteiger partial charge in [0.15, 0.2) is 11.6 Å². The minimum absolute atomic E-state index is 0.122. The Bertz CT molecular complexity index is 1350. The van der Waals surface area contributed by atoms with Gasteiger partial charge in [-0.3, -0.25) is 4.98 Å². The predicted octanol–water partition coefficient (Wildman–Crippen LogP) is 7.15. The van der Waals surface area contributed by atoms with Gasteiger partial charge in [0, 0.05) is 22.9 Å². The largest absolute Gasteiger partial charge is 0.494 e. The van der Waals surface area contributed by atoms with Crippen molar-refractivity contribution < 1.29 is 13.9 Å². The lowest BCUT2D eigenvalue weighted by Gasteiger charge is -2.24. The van der Waals surface area contributed by atoms with Crippen molar-refractivity contribution in [3.63, 3.8) is 0 Å². The zero-order valence-corrected chi connectivity index (χ0v) is 20.5. The number of pyridine rings is 1. The van der Waals surface area contributed by atoms with Crippen LogP contribution in [0, 0.1) is 17.1 Å². The molecule has 1 aromatic heterocycles. The summed E-state index contributed by atoms with van der Waals surface area (Å²) in [6.45, 7) is 6.01. The lowest BCUT2D eigenvalue weighted by atomic mass is 9.99. The number of hydrogen-bond donors (Lipinski definition) is 1. The maximum absolute atomic E-state index is 15.9. The Labute approximate surface area is 211 Å². The van der Waals surface area contributed by atoms with E-state index in [1.54, 1.807) is 36.4 Å². The van der Waals surface area contributed by atoms with Crippen molar-refractivity contribution in [2.45, 2.75) is 32.9 Å². The highest BCUT2D eigenvalue weighted by Crippen LogP contribution is 2.36. The normalized spacial score (nSPS) is 11.6. The van der Waals surface area contributed by atoms with Crippen LogP contribution in [-0.4, -0.2) is 17.7 Å². The van der Waals surface area contributed by atoms with Crippen LogP contribution in [0.3, 0.4) is 0 Å². The lowest BCUT2D eigenvalue weighted by molar-refractivity contribution is 0.228. The third-order valence-electron chi connectivity index (χ3n) is 5.49. The van der Waals surface area contributed by atoms with Gasteiger partial charge in [0.05, 0.1) is 41.8 Å². The van der Waals surface area contributed by atoms with Gasteiger partial charge < -0.3 is 14.8 Å². The van der Waals surface area contributed by atoms with E-state index < -0.39 is 11.9 Å². The number of nitriles is 1. The number of aromatic nitrogens is 1. The third kappa shape index (κ3) is 5.81. The van der Waals surface area contributed by atoms with E-state index in [0.717, 1.165) is 16.9 Å². The van der Waals surface area contributed by atoms with Crippen molar-refractivity contribution in [3.05, 3.63) is 108 Å². The molecule has 0 amide bonds. The van der Waals surface area contributed by atoms with E-state index in [0.29, 0.717) is 29.2 Å². The predicted molar refractivity (Wildman–Crippen MR) is 140 cm³/mol. The number of anilines is 1. The minimum atomic E-state index is -0.656. The standard InChI is InChI=1S/C30H28FN3O2/c1-4-35-24-17-25(29(31)28(18-24)36-20(2)3)30(33-23-15-13-21(19-32)14-16-23)27-12-8-11-26(34-27)22-9-6-5-7-10-22/h5-18,20,30,33H,4H2,1-3H3. The molecule has 1 heterocycles. The Balaban J connectivity index is 1.86. The average molecular weight is 482 g/mol. The van der Waals surface area contributed by atoms with Crippen molar-refractivity contribution in [3.8, 4) is 28.8 Å².